The van der Waals surface area contributed by atoms with Crippen molar-refractivity contribution in [1.82, 2.24) is 47.5 Å². The Morgan fingerprint density at radius 1 is 0.622 bits per heavy atom. The standard InChI is InChI=1S/C60H84N10O20/c1-30(2)22-40(65-51(77)38(61)28-63-58(84)90-60(10,11)12)52(78)67-42(25-46(75)70-56-48(64-31(3)71)50(87-34(6)74)49(86-33(5)73)45(88-56)29-85-32(4)72)54(80)68-43(26-47(76)89-59(7,8)9)55(81)66-41(24-36-27-62-39-21-17-16-20-37(36)39)53(79)69-44(57(82)83)23-35-18-14-13-15-19-35/h13-21,27,30,38,40-45,48-50,56,62H,22-26,28-29,61H2,1-12H3,(H,63,84)(H,64,71)(H,65,77)(H,66,81)(H,67,78)(H,68,80)(H,69,79)(H,70,75)(H,82,83)/t38-,40-,41-,42-,43-,44-,45+,48+,49+,50+,56+/m0/s1. The van der Waals surface area contributed by atoms with Crippen LogP contribution in [0.4, 0.5) is 4.79 Å². The number of hydrogen-bond acceptors (Lipinski definition) is 20. The zero-order valence-corrected chi connectivity index (χ0v) is 52.4. The quantitative estimate of drug-likeness (QED) is 0.0328. The molecule has 0 saturated carbocycles. The van der Waals surface area contributed by atoms with Crippen LogP contribution >= 0.6 is 0 Å². The third-order valence-corrected chi connectivity index (χ3v) is 13.0. The highest BCUT2D eigenvalue weighted by Crippen LogP contribution is 2.27. The molecule has 0 bridgehead atoms. The van der Waals surface area contributed by atoms with Crippen molar-refractivity contribution in [1.29, 1.82) is 0 Å². The monoisotopic (exact) mass is 1260 g/mol. The van der Waals surface area contributed by atoms with Gasteiger partial charge in [-0.2, -0.15) is 0 Å². The molecule has 30 nitrogen and oxygen atoms in total. The van der Waals surface area contributed by atoms with E-state index in [9.17, 15) is 62.6 Å². The second kappa shape index (κ2) is 33.4. The van der Waals surface area contributed by atoms with Crippen LogP contribution in [0, 0.1) is 5.92 Å². The summed E-state index contributed by atoms with van der Waals surface area (Å²) in [5.74, 6) is -13.2. The van der Waals surface area contributed by atoms with E-state index >= 15 is 4.79 Å². The van der Waals surface area contributed by atoms with Gasteiger partial charge in [-0.3, -0.25) is 52.7 Å². The van der Waals surface area contributed by atoms with Crippen LogP contribution in [-0.2, 0) is 98.8 Å². The number of para-hydroxylation sites is 1. The first-order valence-corrected chi connectivity index (χ1v) is 29.0. The molecule has 1 aromatic heterocycles. The average molecular weight is 1270 g/mol. The highest BCUT2D eigenvalue weighted by atomic mass is 16.6. The Kier molecular flexibility index (Phi) is 27.2. The van der Waals surface area contributed by atoms with Gasteiger partial charge < -0.3 is 86.8 Å². The van der Waals surface area contributed by atoms with Crippen LogP contribution in [-0.4, -0.2) is 179 Å². The molecule has 2 aromatic carbocycles. The van der Waals surface area contributed by atoms with Crippen LogP contribution in [0.3, 0.4) is 0 Å². The molecule has 0 spiro atoms. The number of H-pyrrole nitrogens is 1. The maximum atomic E-state index is 15.1. The zero-order valence-electron chi connectivity index (χ0n) is 52.4. The average Bonchev–Trinajstić information content (AvgIpc) is 1.06. The van der Waals surface area contributed by atoms with Crippen molar-refractivity contribution in [3.63, 3.8) is 0 Å². The highest BCUT2D eigenvalue weighted by molar-refractivity contribution is 5.99. The number of aliphatic carboxylic acids is 1. The number of carboxylic acid groups (broad SMARTS) is 1. The lowest BCUT2D eigenvalue weighted by Gasteiger charge is -2.45. The van der Waals surface area contributed by atoms with Crippen LogP contribution < -0.4 is 48.3 Å². The number of nitrogens with two attached hydrogens (primary N) is 1. The number of carbonyl (C=O) groups excluding carboxylic acids is 12. The van der Waals surface area contributed by atoms with Crippen molar-refractivity contribution in [3.05, 3.63) is 71.9 Å². The molecule has 8 amide bonds. The van der Waals surface area contributed by atoms with Crippen LogP contribution in [0.1, 0.15) is 113 Å². The van der Waals surface area contributed by atoms with Crippen LogP contribution in [0.15, 0.2) is 60.8 Å². The first-order valence-electron chi connectivity index (χ1n) is 29.0. The summed E-state index contributed by atoms with van der Waals surface area (Å²) in [4.78, 5) is 179. The summed E-state index contributed by atoms with van der Waals surface area (Å²) in [6.45, 7) is 15.7. The number of aromatic amines is 1. The fourth-order valence-electron chi connectivity index (χ4n) is 9.28. The Labute approximate surface area is 519 Å². The number of alkyl carbamates (subject to hydrolysis) is 1. The van der Waals surface area contributed by atoms with Crippen LogP contribution in [0.25, 0.3) is 10.9 Å². The minimum Gasteiger partial charge on any atom is -0.480 e. The smallest absolute Gasteiger partial charge is 0.407 e. The molecular weight excluding hydrogens is 1180 g/mol. The minimum absolute atomic E-state index is 0.138. The molecule has 11 atom stereocenters. The van der Waals surface area contributed by atoms with E-state index < -0.39 is 181 Å². The predicted octanol–water partition coefficient (Wildman–Crippen LogP) is 0.254. The first-order chi connectivity index (χ1) is 42.0. The lowest BCUT2D eigenvalue weighted by atomic mass is 9.94. The molecule has 4 rings (SSSR count). The fraction of sp³-hybridized carbons (Fsp3) is 0.550. The number of carboxylic acids is 1. The SMILES string of the molecule is CC(=O)N[C@@H]1[C@@H](OC(C)=O)[C@H](OC(C)=O)[C@@H](COC(C)=O)O[C@H]1NC(=O)C[C@H](NC(=O)[C@H](CC(C)C)NC(=O)[C@@H](N)CNC(=O)OC(C)(C)C)C(=O)N[C@@H](CC(=O)OC(C)(C)C)C(=O)N[C@@H](Cc1c[nH]c2ccccc12)C(=O)N[C@@H](Cc1ccccc1)C(=O)O. The molecular formula is C60H84N10O20. The van der Waals surface area contributed by atoms with Gasteiger partial charge in [-0.05, 0) is 71.1 Å². The van der Waals surface area contributed by atoms with Gasteiger partial charge >= 0.3 is 35.9 Å². The summed E-state index contributed by atoms with van der Waals surface area (Å²) in [6, 6.07) is 3.42. The van der Waals surface area contributed by atoms with E-state index in [1.165, 1.54) is 20.8 Å². The number of rotatable bonds is 29. The third-order valence-electron chi connectivity index (χ3n) is 13.0. The molecule has 12 N–H and O–H groups in total. The maximum Gasteiger partial charge on any atom is 0.407 e. The maximum absolute atomic E-state index is 15.1. The first kappa shape index (κ1) is 73.3. The largest absolute Gasteiger partial charge is 0.480 e. The lowest BCUT2D eigenvalue weighted by Crippen LogP contribution is -2.69. The van der Waals surface area contributed by atoms with E-state index in [0.717, 1.165) is 27.7 Å². The molecule has 30 heteroatoms. The van der Waals surface area contributed by atoms with Gasteiger partial charge in [-0.1, -0.05) is 62.4 Å². The summed E-state index contributed by atoms with van der Waals surface area (Å²) < 4.78 is 33.0. The predicted molar refractivity (Wildman–Crippen MR) is 318 cm³/mol. The van der Waals surface area contributed by atoms with Gasteiger partial charge in [0, 0.05) is 64.2 Å². The molecule has 1 fully saturated rings. The second-order valence-corrected chi connectivity index (χ2v) is 23.9. The molecule has 0 radical (unpaired) electrons. The number of aromatic nitrogens is 1. The zero-order chi connectivity index (χ0) is 67.4. The lowest BCUT2D eigenvalue weighted by molar-refractivity contribution is -0.228. The van der Waals surface area contributed by atoms with Gasteiger partial charge in [0.05, 0.1) is 12.8 Å². The van der Waals surface area contributed by atoms with Crippen molar-refractivity contribution < 1.29 is 95.9 Å². The van der Waals surface area contributed by atoms with Gasteiger partial charge in [0.2, 0.25) is 41.4 Å². The van der Waals surface area contributed by atoms with Crippen molar-refractivity contribution in [2.75, 3.05) is 13.2 Å². The normalized spacial score (nSPS) is 18.4. The number of amides is 8. The van der Waals surface area contributed by atoms with Crippen molar-refractivity contribution in [2.45, 2.75) is 193 Å². The minimum atomic E-state index is -2.11. The van der Waals surface area contributed by atoms with Crippen molar-refractivity contribution in [3.8, 4) is 0 Å². The Morgan fingerprint density at radius 2 is 1.16 bits per heavy atom. The van der Waals surface area contributed by atoms with Crippen molar-refractivity contribution >= 4 is 88.2 Å². The van der Waals surface area contributed by atoms with E-state index in [0.29, 0.717) is 22.0 Å². The van der Waals surface area contributed by atoms with Crippen LogP contribution in [0.2, 0.25) is 0 Å². The molecule has 1 aliphatic heterocycles. The molecule has 3 aromatic rings. The van der Waals surface area contributed by atoms with Crippen LogP contribution in [0.5, 0.6) is 0 Å². The number of nitrogens with one attached hydrogen (secondary N) is 9. The van der Waals surface area contributed by atoms with Gasteiger partial charge in [-0.15, -0.1) is 0 Å². The summed E-state index contributed by atoms with van der Waals surface area (Å²) in [5, 5.41) is 30.6. The number of esters is 4. The number of fused-ring (bicyclic) bond motifs is 1. The second-order valence-electron chi connectivity index (χ2n) is 23.9. The summed E-state index contributed by atoms with van der Waals surface area (Å²) >= 11 is 0. The number of benzene rings is 2. The molecule has 494 valence electrons. The van der Waals surface area contributed by atoms with E-state index in [4.69, 9.17) is 34.2 Å². The van der Waals surface area contributed by atoms with E-state index in [2.05, 4.69) is 47.5 Å². The van der Waals surface area contributed by atoms with Gasteiger partial charge in [-0.25, -0.2) is 9.59 Å². The number of ether oxygens (including phenoxy) is 6. The third kappa shape index (κ3) is 24.8. The highest BCUT2D eigenvalue weighted by Gasteiger charge is 2.51. The Morgan fingerprint density at radius 3 is 1.72 bits per heavy atom. The molecule has 1 aliphatic rings. The Balaban J connectivity index is 1.83. The Bertz CT molecular complexity index is 3070. The molecule has 90 heavy (non-hydrogen) atoms. The van der Waals surface area contributed by atoms with E-state index in [1.54, 1.807) is 95.4 Å². The van der Waals surface area contributed by atoms with E-state index in [-0.39, 0.29) is 25.2 Å². The fourth-order valence-corrected chi connectivity index (χ4v) is 9.28. The summed E-state index contributed by atoms with van der Waals surface area (Å²) in [6.07, 6.45) is -8.57. The summed E-state index contributed by atoms with van der Waals surface area (Å²) in [5.41, 5.74) is 5.72. The number of carbonyl (C=O) groups is 13. The molecule has 2 heterocycles. The molecule has 0 aliphatic carbocycles. The topological polar surface area (TPSA) is 436 Å². The summed E-state index contributed by atoms with van der Waals surface area (Å²) in [7, 11) is 0. The van der Waals surface area contributed by atoms with Gasteiger partial charge in [0.25, 0.3) is 0 Å². The van der Waals surface area contributed by atoms with Crippen molar-refractivity contribution in [2.24, 2.45) is 11.7 Å². The molecule has 1 saturated heterocycles. The number of hydrogen-bond donors (Lipinski definition) is 11. The van der Waals surface area contributed by atoms with E-state index in [1.807, 2.05) is 0 Å². The molecule has 0 unspecified atom stereocenters. The Hall–Kier alpha value is -9.19. The van der Waals surface area contributed by atoms with Gasteiger partial charge in [0.1, 0.15) is 66.2 Å². The van der Waals surface area contributed by atoms with Gasteiger partial charge in [0.15, 0.2) is 18.4 Å².